The molecule has 0 aromatic heterocycles. The van der Waals surface area contributed by atoms with Gasteiger partial charge in [0, 0.05) is 24.1 Å². The molecule has 0 bridgehead atoms. The topological polar surface area (TPSA) is 203 Å². The third-order valence-corrected chi connectivity index (χ3v) is 8.14. The van der Waals surface area contributed by atoms with Crippen molar-refractivity contribution in [2.75, 3.05) is 224 Å². The summed E-state index contributed by atoms with van der Waals surface area (Å²) in [5.41, 5.74) is 0.646. The van der Waals surface area contributed by atoms with Gasteiger partial charge >= 0.3 is 5.97 Å². The number of esters is 1. The van der Waals surface area contributed by atoms with E-state index in [2.05, 4.69) is 17.9 Å². The molecule has 1 N–H and O–H groups in total. The van der Waals surface area contributed by atoms with Gasteiger partial charge in [-0.25, -0.2) is 0 Å². The fourth-order valence-electron chi connectivity index (χ4n) is 4.59. The smallest absolute Gasteiger partial charge is 0.306 e. The van der Waals surface area contributed by atoms with E-state index in [9.17, 15) is 9.59 Å². The van der Waals surface area contributed by atoms with Gasteiger partial charge in [0.15, 0.2) is 0 Å². The zero-order valence-electron chi connectivity index (χ0n) is 38.1. The van der Waals surface area contributed by atoms with Gasteiger partial charge < -0.3 is 85.8 Å². The maximum Gasteiger partial charge on any atom is 0.306 e. The molecule has 374 valence electrons. The number of amides is 1. The first-order valence-electron chi connectivity index (χ1n) is 22.0. The van der Waals surface area contributed by atoms with Crippen molar-refractivity contribution in [3.05, 3.63) is 24.3 Å². The molecular weight excluding hydrogens is 867 g/mol. The summed E-state index contributed by atoms with van der Waals surface area (Å²) in [7, 11) is 1.64. The second-order valence-electron chi connectivity index (χ2n) is 13.0. The minimum absolute atomic E-state index is 0.00930. The molecule has 0 atom stereocenters. The van der Waals surface area contributed by atoms with E-state index in [1.165, 1.54) is 0 Å². The molecule has 0 radical (unpaired) electrons. The van der Waals surface area contributed by atoms with E-state index >= 15 is 0 Å². The molecule has 0 saturated heterocycles. The highest BCUT2D eigenvalue weighted by atomic mass is 32.1. The Morgan fingerprint density at radius 3 is 0.844 bits per heavy atom. The Morgan fingerprint density at radius 1 is 0.359 bits per heavy atom. The lowest BCUT2D eigenvalue weighted by atomic mass is 10.2. The van der Waals surface area contributed by atoms with Crippen LogP contribution >= 0.6 is 12.6 Å². The number of hydrogen-bond donors (Lipinski definition) is 2. The molecule has 21 heteroatoms. The van der Waals surface area contributed by atoms with Crippen LogP contribution in [0.1, 0.15) is 12.8 Å². The van der Waals surface area contributed by atoms with Crippen LogP contribution in [0.4, 0.5) is 5.69 Å². The number of ether oxygens (including phenoxy) is 17. The Kier molecular flexibility index (Phi) is 47.1. The van der Waals surface area contributed by atoms with Crippen LogP contribution in [-0.2, 0) is 90.1 Å². The van der Waals surface area contributed by atoms with Gasteiger partial charge in [-0.3, -0.25) is 9.59 Å². The molecule has 1 rings (SSSR count). The number of hydrogen-bond acceptors (Lipinski definition) is 20. The summed E-state index contributed by atoms with van der Waals surface area (Å²) in [6, 6.07) is 7.02. The van der Waals surface area contributed by atoms with Gasteiger partial charge in [-0.15, -0.1) is 12.6 Å². The van der Waals surface area contributed by atoms with Crippen molar-refractivity contribution in [2.45, 2.75) is 17.7 Å². The lowest BCUT2D eigenvalue weighted by Gasteiger charge is -2.09. The largest absolute Gasteiger partial charge is 0.463 e. The highest BCUT2D eigenvalue weighted by molar-refractivity contribution is 7.80. The van der Waals surface area contributed by atoms with Crippen molar-refractivity contribution in [3.63, 3.8) is 0 Å². The van der Waals surface area contributed by atoms with Gasteiger partial charge in [0.25, 0.3) is 0 Å². The number of rotatable bonds is 52. The van der Waals surface area contributed by atoms with Gasteiger partial charge in [-0.1, -0.05) is 0 Å². The summed E-state index contributed by atoms with van der Waals surface area (Å²) in [5, 5.41) is 2.72. The van der Waals surface area contributed by atoms with E-state index in [4.69, 9.17) is 80.5 Å². The molecule has 0 aliphatic rings. The number of benzene rings is 1. The minimum Gasteiger partial charge on any atom is -0.463 e. The summed E-state index contributed by atoms with van der Waals surface area (Å²) in [4.78, 5) is 24.6. The summed E-state index contributed by atoms with van der Waals surface area (Å²) in [5.74, 6) is -0.720. The zero-order valence-corrected chi connectivity index (χ0v) is 38.9. The highest BCUT2D eigenvalue weighted by Gasteiger charge is 2.09. The van der Waals surface area contributed by atoms with Gasteiger partial charge in [0.1, 0.15) is 6.61 Å². The Balaban J connectivity index is 1.63. The van der Waals surface area contributed by atoms with Crippen molar-refractivity contribution < 1.29 is 90.1 Å². The molecule has 0 aliphatic heterocycles. The van der Waals surface area contributed by atoms with Crippen LogP contribution in [0.15, 0.2) is 29.2 Å². The molecule has 0 fully saturated rings. The van der Waals surface area contributed by atoms with Gasteiger partial charge in [-0.05, 0) is 24.3 Å². The van der Waals surface area contributed by atoms with Crippen molar-refractivity contribution >= 4 is 30.2 Å². The number of methoxy groups -OCH3 is 1. The fourth-order valence-corrected chi connectivity index (χ4v) is 4.74. The Bertz CT molecular complexity index is 1130. The number of carbonyl (C=O) groups excluding carboxylic acids is 2. The van der Waals surface area contributed by atoms with Gasteiger partial charge in [0.2, 0.25) is 5.91 Å². The van der Waals surface area contributed by atoms with Crippen LogP contribution < -0.4 is 5.32 Å². The predicted octanol–water partition coefficient (Wildman–Crippen LogP) is 2.13. The Labute approximate surface area is 385 Å². The molecule has 0 aliphatic carbocycles. The summed E-state index contributed by atoms with van der Waals surface area (Å²) in [6.45, 7) is 14.9. The standard InChI is InChI=1S/C43H77NO19S/c1-47-8-9-48-10-11-49-12-13-50-14-15-51-16-17-52-18-19-53-20-21-54-22-23-55-24-25-56-26-27-57-28-29-58-30-31-59-32-33-60-34-35-61-36-37-62-38-39-63-43(46)7-6-42(45)44-40-2-4-41(64)5-3-40/h2-5,64H,6-39H2,1H3,(H,44,45). The quantitative estimate of drug-likeness (QED) is 0.0546. The van der Waals surface area contributed by atoms with Crippen molar-refractivity contribution in [1.82, 2.24) is 0 Å². The molecule has 0 saturated carbocycles. The van der Waals surface area contributed by atoms with Crippen molar-refractivity contribution in [3.8, 4) is 0 Å². The summed E-state index contributed by atoms with van der Waals surface area (Å²) >= 11 is 4.20. The Hall–Kier alpha value is -2.13. The number of nitrogens with one attached hydrogen (secondary N) is 1. The maximum absolute atomic E-state index is 11.9. The normalized spacial score (nSPS) is 11.4. The van der Waals surface area contributed by atoms with Crippen LogP contribution in [0.2, 0.25) is 0 Å². The molecule has 64 heavy (non-hydrogen) atoms. The lowest BCUT2D eigenvalue weighted by Crippen LogP contribution is -2.17. The van der Waals surface area contributed by atoms with Crippen molar-refractivity contribution in [2.24, 2.45) is 0 Å². The van der Waals surface area contributed by atoms with Crippen LogP contribution in [0.3, 0.4) is 0 Å². The average molecular weight is 944 g/mol. The third-order valence-electron chi connectivity index (χ3n) is 7.84. The summed E-state index contributed by atoms with van der Waals surface area (Å²) in [6.07, 6.45) is 0.0249. The highest BCUT2D eigenvalue weighted by Crippen LogP contribution is 2.12. The first-order valence-corrected chi connectivity index (χ1v) is 22.5. The fraction of sp³-hybridized carbons (Fsp3) is 0.814. The van der Waals surface area contributed by atoms with E-state index in [0.717, 1.165) is 4.90 Å². The van der Waals surface area contributed by atoms with E-state index < -0.39 is 5.97 Å². The van der Waals surface area contributed by atoms with Crippen LogP contribution in [0.25, 0.3) is 0 Å². The zero-order chi connectivity index (χ0) is 45.9. The number of thiol groups is 1. The molecule has 0 heterocycles. The molecule has 20 nitrogen and oxygen atoms in total. The minimum atomic E-state index is -0.457. The molecule has 1 amide bonds. The molecule has 0 spiro atoms. The Morgan fingerprint density at radius 2 is 0.594 bits per heavy atom. The van der Waals surface area contributed by atoms with E-state index in [1.807, 2.05) is 0 Å². The van der Waals surface area contributed by atoms with E-state index in [1.54, 1.807) is 31.4 Å². The monoisotopic (exact) mass is 943 g/mol. The second-order valence-corrected chi connectivity index (χ2v) is 13.5. The van der Waals surface area contributed by atoms with Crippen LogP contribution in [-0.4, -0.2) is 230 Å². The maximum atomic E-state index is 11.9. The lowest BCUT2D eigenvalue weighted by molar-refractivity contribution is -0.146. The van der Waals surface area contributed by atoms with E-state index in [-0.39, 0.29) is 32.0 Å². The van der Waals surface area contributed by atoms with Crippen molar-refractivity contribution in [1.29, 1.82) is 0 Å². The van der Waals surface area contributed by atoms with Crippen LogP contribution in [0.5, 0.6) is 0 Å². The molecule has 1 aromatic rings. The molecular formula is C43H77NO19S. The predicted molar refractivity (Wildman–Crippen MR) is 237 cm³/mol. The molecule has 1 aromatic carbocycles. The SMILES string of the molecule is COCCOCCOCCOCCOCCOCCOCCOCCOCCOCCOCCOCCOCCOCCOCCOCCOC(=O)CCC(=O)Nc1ccc(S)cc1. The first-order chi connectivity index (χ1) is 31.6. The third kappa shape index (κ3) is 46.4. The average Bonchev–Trinajstić information content (AvgIpc) is 3.30. The number of anilines is 1. The molecule has 0 unspecified atom stereocenters. The number of carbonyl (C=O) groups is 2. The van der Waals surface area contributed by atoms with Crippen LogP contribution in [0, 0.1) is 0 Å². The summed E-state index contributed by atoms with van der Waals surface area (Å²) < 4.78 is 91.9. The second kappa shape index (κ2) is 50.3. The van der Waals surface area contributed by atoms with Gasteiger partial charge in [0.05, 0.1) is 211 Å². The van der Waals surface area contributed by atoms with E-state index in [0.29, 0.717) is 204 Å². The first kappa shape index (κ1) is 59.9. The van der Waals surface area contributed by atoms with Gasteiger partial charge in [-0.2, -0.15) is 0 Å².